The standard InChI is InChI=1S/C15H17NO2/c1-16-15-11(8-17)9-18-13-7-6-10-4-2-3-5-12(10)14(13)15/h2-7,11,15-17H,8-9H2,1H3/p+1/t11-,15+/m1/s1. The lowest BCUT2D eigenvalue weighted by Crippen LogP contribution is -2.83. The number of ether oxygens (including phenoxy) is 1. The van der Waals surface area contributed by atoms with Crippen LogP contribution in [-0.2, 0) is 0 Å². The quantitative estimate of drug-likeness (QED) is 0.830. The molecule has 0 aromatic heterocycles. The number of hydrogen-bond donors (Lipinski definition) is 2. The molecule has 0 saturated carbocycles. The van der Waals surface area contributed by atoms with Crippen molar-refractivity contribution in [2.24, 2.45) is 5.92 Å². The van der Waals surface area contributed by atoms with Crippen molar-refractivity contribution in [1.82, 2.24) is 0 Å². The van der Waals surface area contributed by atoms with Gasteiger partial charge in [-0.25, -0.2) is 0 Å². The highest BCUT2D eigenvalue weighted by Gasteiger charge is 2.33. The van der Waals surface area contributed by atoms with Gasteiger partial charge in [0.25, 0.3) is 0 Å². The van der Waals surface area contributed by atoms with Crippen LogP contribution in [0.4, 0.5) is 0 Å². The van der Waals surface area contributed by atoms with Gasteiger partial charge in [-0.1, -0.05) is 30.3 Å². The van der Waals surface area contributed by atoms with Gasteiger partial charge in [-0.15, -0.1) is 0 Å². The number of aliphatic hydroxyl groups excluding tert-OH is 1. The minimum absolute atomic E-state index is 0.160. The molecule has 0 amide bonds. The summed E-state index contributed by atoms with van der Waals surface area (Å²) in [5.41, 5.74) is 1.22. The molecule has 2 aromatic rings. The maximum atomic E-state index is 9.49. The van der Waals surface area contributed by atoms with Gasteiger partial charge < -0.3 is 15.2 Å². The topological polar surface area (TPSA) is 46.1 Å². The van der Waals surface area contributed by atoms with E-state index in [1.165, 1.54) is 16.3 Å². The van der Waals surface area contributed by atoms with E-state index in [0.717, 1.165) is 5.75 Å². The number of nitrogens with two attached hydrogens (primary N) is 1. The fourth-order valence-electron chi connectivity index (χ4n) is 2.89. The molecule has 3 nitrogen and oxygen atoms in total. The van der Waals surface area contributed by atoms with Gasteiger partial charge in [-0.2, -0.15) is 0 Å². The summed E-state index contributed by atoms with van der Waals surface area (Å²) in [7, 11) is 2.06. The van der Waals surface area contributed by atoms with Crippen molar-refractivity contribution in [3.8, 4) is 5.75 Å². The summed E-state index contributed by atoms with van der Waals surface area (Å²) in [5.74, 6) is 1.12. The van der Waals surface area contributed by atoms with E-state index in [0.29, 0.717) is 6.61 Å². The SMILES string of the molecule is C[NH2+][C@@H]1c2c(ccc3ccccc23)OC[C@H]1CO. The van der Waals surface area contributed by atoms with Crippen LogP contribution >= 0.6 is 0 Å². The Hall–Kier alpha value is -1.58. The van der Waals surface area contributed by atoms with E-state index in [-0.39, 0.29) is 18.6 Å². The van der Waals surface area contributed by atoms with Crippen molar-refractivity contribution in [1.29, 1.82) is 0 Å². The second-order valence-corrected chi connectivity index (χ2v) is 4.81. The molecular weight excluding hydrogens is 226 g/mol. The van der Waals surface area contributed by atoms with Crippen LogP contribution in [0.25, 0.3) is 10.8 Å². The van der Waals surface area contributed by atoms with Crippen LogP contribution in [0.15, 0.2) is 36.4 Å². The van der Waals surface area contributed by atoms with Gasteiger partial charge in [0.15, 0.2) is 0 Å². The highest BCUT2D eigenvalue weighted by molar-refractivity contribution is 5.88. The van der Waals surface area contributed by atoms with E-state index in [1.807, 2.05) is 12.1 Å². The van der Waals surface area contributed by atoms with Gasteiger partial charge >= 0.3 is 0 Å². The third-order valence-electron chi connectivity index (χ3n) is 3.82. The fourth-order valence-corrected chi connectivity index (χ4v) is 2.89. The van der Waals surface area contributed by atoms with Gasteiger partial charge in [-0.05, 0) is 16.8 Å². The minimum Gasteiger partial charge on any atom is -0.492 e. The maximum absolute atomic E-state index is 9.49. The number of aliphatic hydroxyl groups is 1. The van der Waals surface area contributed by atoms with E-state index in [2.05, 4.69) is 36.6 Å². The summed E-state index contributed by atoms with van der Waals surface area (Å²) in [4.78, 5) is 0. The summed E-state index contributed by atoms with van der Waals surface area (Å²) in [6.45, 7) is 0.758. The molecule has 3 N–H and O–H groups in total. The first-order chi connectivity index (χ1) is 8.85. The summed E-state index contributed by atoms with van der Waals surface area (Å²) in [6, 6.07) is 12.8. The lowest BCUT2D eigenvalue weighted by Gasteiger charge is -2.30. The zero-order valence-electron chi connectivity index (χ0n) is 10.5. The van der Waals surface area contributed by atoms with Gasteiger partial charge in [0, 0.05) is 0 Å². The Labute approximate surface area is 106 Å². The third kappa shape index (κ3) is 1.67. The van der Waals surface area contributed by atoms with E-state index in [9.17, 15) is 5.11 Å². The largest absolute Gasteiger partial charge is 0.492 e. The number of benzene rings is 2. The summed E-state index contributed by atoms with van der Waals surface area (Å²) in [6.07, 6.45) is 0. The van der Waals surface area contributed by atoms with Crippen LogP contribution in [-0.4, -0.2) is 25.4 Å². The molecule has 1 aliphatic rings. The van der Waals surface area contributed by atoms with Crippen molar-refractivity contribution >= 4 is 10.8 Å². The number of hydrogen-bond acceptors (Lipinski definition) is 2. The first kappa shape index (κ1) is 11.5. The summed E-state index contributed by atoms with van der Waals surface area (Å²) < 4.78 is 5.79. The van der Waals surface area contributed by atoms with Crippen molar-refractivity contribution < 1.29 is 15.2 Å². The van der Waals surface area contributed by atoms with Crippen LogP contribution in [0.3, 0.4) is 0 Å². The molecule has 18 heavy (non-hydrogen) atoms. The average Bonchev–Trinajstić information content (AvgIpc) is 2.45. The van der Waals surface area contributed by atoms with Crippen LogP contribution in [0.5, 0.6) is 5.75 Å². The predicted octanol–water partition coefficient (Wildman–Crippen LogP) is 1.07. The van der Waals surface area contributed by atoms with E-state index in [4.69, 9.17) is 4.74 Å². The van der Waals surface area contributed by atoms with Crippen molar-refractivity contribution in [3.05, 3.63) is 42.0 Å². The predicted molar refractivity (Wildman–Crippen MR) is 70.6 cm³/mol. The average molecular weight is 244 g/mol. The van der Waals surface area contributed by atoms with Crippen LogP contribution in [0.2, 0.25) is 0 Å². The molecule has 0 fully saturated rings. The third-order valence-corrected chi connectivity index (χ3v) is 3.82. The normalized spacial score (nSPS) is 22.6. The lowest BCUT2D eigenvalue weighted by molar-refractivity contribution is -0.679. The molecular formula is C15H18NO2+. The zero-order chi connectivity index (χ0) is 12.5. The summed E-state index contributed by atoms with van der Waals surface area (Å²) in [5, 5.41) is 14.1. The maximum Gasteiger partial charge on any atom is 0.129 e. The fraction of sp³-hybridized carbons (Fsp3) is 0.333. The Kier molecular flexibility index (Phi) is 2.94. The van der Waals surface area contributed by atoms with Crippen LogP contribution < -0.4 is 10.1 Å². The highest BCUT2D eigenvalue weighted by atomic mass is 16.5. The van der Waals surface area contributed by atoms with Crippen molar-refractivity contribution in [3.63, 3.8) is 0 Å². The first-order valence-corrected chi connectivity index (χ1v) is 6.40. The van der Waals surface area contributed by atoms with Crippen molar-refractivity contribution in [2.45, 2.75) is 6.04 Å². The van der Waals surface area contributed by atoms with Crippen LogP contribution in [0, 0.1) is 5.92 Å². The highest BCUT2D eigenvalue weighted by Crippen LogP contribution is 2.38. The molecule has 94 valence electrons. The molecule has 3 heteroatoms. The van der Waals surface area contributed by atoms with Gasteiger partial charge in [0.2, 0.25) is 0 Å². The lowest BCUT2D eigenvalue weighted by atomic mass is 9.88. The molecule has 0 saturated heterocycles. The molecule has 1 heterocycles. The molecule has 0 aliphatic carbocycles. The molecule has 0 radical (unpaired) electrons. The molecule has 2 aromatic carbocycles. The van der Waals surface area contributed by atoms with Crippen molar-refractivity contribution in [2.75, 3.05) is 20.3 Å². The molecule has 0 bridgehead atoms. The molecule has 3 rings (SSSR count). The van der Waals surface area contributed by atoms with Gasteiger partial charge in [-0.3, -0.25) is 0 Å². The Morgan fingerprint density at radius 3 is 2.89 bits per heavy atom. The van der Waals surface area contributed by atoms with E-state index >= 15 is 0 Å². The Morgan fingerprint density at radius 1 is 1.28 bits per heavy atom. The summed E-state index contributed by atoms with van der Waals surface area (Å²) >= 11 is 0. The van der Waals surface area contributed by atoms with E-state index in [1.54, 1.807) is 0 Å². The minimum atomic E-state index is 0.160. The second kappa shape index (κ2) is 4.59. The monoisotopic (exact) mass is 244 g/mol. The number of quaternary nitrogens is 1. The second-order valence-electron chi connectivity index (χ2n) is 4.81. The van der Waals surface area contributed by atoms with E-state index < -0.39 is 0 Å². The first-order valence-electron chi connectivity index (χ1n) is 6.40. The van der Waals surface area contributed by atoms with Gasteiger partial charge in [0.1, 0.15) is 11.8 Å². The Bertz CT molecular complexity index is 567. The smallest absolute Gasteiger partial charge is 0.129 e. The molecule has 1 aliphatic heterocycles. The number of fused-ring (bicyclic) bond motifs is 3. The van der Waals surface area contributed by atoms with Gasteiger partial charge in [0.05, 0.1) is 31.7 Å². The Balaban J connectivity index is 2.23. The zero-order valence-corrected chi connectivity index (χ0v) is 10.5. The van der Waals surface area contributed by atoms with Crippen LogP contribution in [0.1, 0.15) is 11.6 Å². The molecule has 0 spiro atoms. The Morgan fingerprint density at radius 2 is 2.11 bits per heavy atom. The molecule has 0 unspecified atom stereocenters. The molecule has 2 atom stereocenters. The number of rotatable bonds is 2.